The second-order valence-corrected chi connectivity index (χ2v) is 4.68. The van der Waals surface area contributed by atoms with Crippen LogP contribution in [-0.2, 0) is 0 Å². The molecule has 1 heterocycles. The molecule has 0 spiro atoms. The molecule has 0 bridgehead atoms. The lowest BCUT2D eigenvalue weighted by molar-refractivity contribution is 0.630. The van der Waals surface area contributed by atoms with Crippen molar-refractivity contribution in [2.75, 3.05) is 12.4 Å². The fraction of sp³-hybridized carbons (Fsp3) is 0.111. The molecule has 2 rings (SSSR count). The lowest BCUT2D eigenvalue weighted by Gasteiger charge is -1.98. The highest BCUT2D eigenvalue weighted by molar-refractivity contribution is 9.10. The molecule has 3 nitrogen and oxygen atoms in total. The number of hydrogen-bond donors (Lipinski definition) is 1. The lowest BCUT2D eigenvalue weighted by Crippen LogP contribution is -1.85. The van der Waals surface area contributed by atoms with Crippen molar-refractivity contribution in [3.05, 3.63) is 28.5 Å². The molecular weight excluding hydrogens is 281 g/mol. The van der Waals surface area contributed by atoms with Crippen LogP contribution in [-0.4, -0.2) is 17.2 Å². The molecule has 0 saturated heterocycles. The van der Waals surface area contributed by atoms with E-state index in [-0.39, 0.29) is 5.82 Å². The zero-order chi connectivity index (χ0) is 10.8. The maximum absolute atomic E-state index is 13.5. The highest BCUT2D eigenvalue weighted by Crippen LogP contribution is 2.30. The number of halogens is 2. The maximum Gasteiger partial charge on any atom is 0.205 e. The number of hydrogen-bond acceptors (Lipinski definition) is 4. The average molecular weight is 288 g/mol. The molecule has 0 aliphatic carbocycles. The Morgan fingerprint density at radius 2 is 2.20 bits per heavy atom. The van der Waals surface area contributed by atoms with Crippen LogP contribution in [0, 0.1) is 5.82 Å². The quantitative estimate of drug-likeness (QED) is 0.922. The third-order valence-corrected chi connectivity index (χ3v) is 3.26. The molecule has 0 unspecified atom stereocenters. The third kappa shape index (κ3) is 2.15. The van der Waals surface area contributed by atoms with Crippen LogP contribution in [0.3, 0.4) is 0 Å². The van der Waals surface area contributed by atoms with Crippen LogP contribution in [0.4, 0.5) is 9.52 Å². The van der Waals surface area contributed by atoms with E-state index in [0.717, 1.165) is 4.47 Å². The zero-order valence-corrected chi connectivity index (χ0v) is 10.2. The fourth-order valence-corrected chi connectivity index (χ4v) is 2.17. The number of nitrogens with one attached hydrogen (secondary N) is 1. The molecule has 1 aromatic carbocycles. The molecule has 6 heteroatoms. The molecule has 2 aromatic rings. The summed E-state index contributed by atoms with van der Waals surface area (Å²) in [6.07, 6.45) is 0. The van der Waals surface area contributed by atoms with E-state index in [2.05, 4.69) is 31.4 Å². The molecule has 0 radical (unpaired) electrons. The Morgan fingerprint density at radius 1 is 1.40 bits per heavy atom. The van der Waals surface area contributed by atoms with Crippen molar-refractivity contribution in [1.82, 2.24) is 10.2 Å². The van der Waals surface area contributed by atoms with Crippen LogP contribution in [0.2, 0.25) is 0 Å². The van der Waals surface area contributed by atoms with Gasteiger partial charge in [-0.2, -0.15) is 0 Å². The van der Waals surface area contributed by atoms with Crippen LogP contribution in [0.1, 0.15) is 0 Å². The van der Waals surface area contributed by atoms with Crippen molar-refractivity contribution >= 4 is 32.4 Å². The van der Waals surface area contributed by atoms with Crippen LogP contribution in [0.25, 0.3) is 10.6 Å². The minimum Gasteiger partial charge on any atom is -0.363 e. The first-order valence-electron chi connectivity index (χ1n) is 4.17. The second kappa shape index (κ2) is 4.24. The molecule has 78 valence electrons. The van der Waals surface area contributed by atoms with E-state index in [1.54, 1.807) is 19.2 Å². The van der Waals surface area contributed by atoms with Crippen LogP contribution < -0.4 is 5.32 Å². The van der Waals surface area contributed by atoms with Gasteiger partial charge >= 0.3 is 0 Å². The van der Waals surface area contributed by atoms with Gasteiger partial charge in [0.05, 0.1) is 0 Å². The highest BCUT2D eigenvalue weighted by atomic mass is 79.9. The third-order valence-electron chi connectivity index (χ3n) is 1.80. The fourth-order valence-electron chi connectivity index (χ4n) is 1.09. The summed E-state index contributed by atoms with van der Waals surface area (Å²) in [5.41, 5.74) is 0.461. The van der Waals surface area contributed by atoms with Crippen molar-refractivity contribution in [1.29, 1.82) is 0 Å². The summed E-state index contributed by atoms with van der Waals surface area (Å²) in [4.78, 5) is 0. The molecule has 0 fully saturated rings. The smallest absolute Gasteiger partial charge is 0.205 e. The van der Waals surface area contributed by atoms with Gasteiger partial charge in [0.15, 0.2) is 5.01 Å². The SMILES string of the molecule is CNc1nnc(-c2cc(Br)ccc2F)s1. The summed E-state index contributed by atoms with van der Waals surface area (Å²) >= 11 is 4.61. The van der Waals surface area contributed by atoms with Gasteiger partial charge in [-0.1, -0.05) is 27.3 Å². The number of rotatable bonds is 2. The van der Waals surface area contributed by atoms with Crippen molar-refractivity contribution < 1.29 is 4.39 Å². The van der Waals surface area contributed by atoms with Crippen LogP contribution in [0.15, 0.2) is 22.7 Å². The molecule has 0 aliphatic rings. The molecule has 0 atom stereocenters. The first kappa shape index (κ1) is 10.5. The molecule has 0 amide bonds. The number of nitrogens with zero attached hydrogens (tertiary/aromatic N) is 2. The Morgan fingerprint density at radius 3 is 2.87 bits per heavy atom. The van der Waals surface area contributed by atoms with Gasteiger partial charge in [0.2, 0.25) is 5.13 Å². The van der Waals surface area contributed by atoms with Crippen molar-refractivity contribution in [3.63, 3.8) is 0 Å². The van der Waals surface area contributed by atoms with Crippen molar-refractivity contribution in [2.45, 2.75) is 0 Å². The van der Waals surface area contributed by atoms with E-state index >= 15 is 0 Å². The largest absolute Gasteiger partial charge is 0.363 e. The van der Waals surface area contributed by atoms with E-state index in [1.807, 2.05) is 0 Å². The minimum absolute atomic E-state index is 0.294. The van der Waals surface area contributed by atoms with E-state index in [0.29, 0.717) is 15.7 Å². The molecule has 0 saturated carbocycles. The highest BCUT2D eigenvalue weighted by Gasteiger charge is 2.10. The van der Waals surface area contributed by atoms with Gasteiger partial charge in [0.25, 0.3) is 0 Å². The molecule has 1 N–H and O–H groups in total. The van der Waals surface area contributed by atoms with Gasteiger partial charge in [0, 0.05) is 17.1 Å². The topological polar surface area (TPSA) is 37.8 Å². The number of benzene rings is 1. The molecule has 0 aliphatic heterocycles. The molecule has 1 aromatic heterocycles. The van der Waals surface area contributed by atoms with E-state index in [9.17, 15) is 4.39 Å². The number of aromatic nitrogens is 2. The number of anilines is 1. The lowest BCUT2D eigenvalue weighted by atomic mass is 10.2. The first-order chi connectivity index (χ1) is 7.20. The summed E-state index contributed by atoms with van der Waals surface area (Å²) in [5.74, 6) is -0.294. The Balaban J connectivity index is 2.48. The van der Waals surface area contributed by atoms with Crippen molar-refractivity contribution in [2.24, 2.45) is 0 Å². The standard InChI is InChI=1S/C9H7BrFN3S/c1-12-9-14-13-8(15-9)6-4-5(10)2-3-7(6)11/h2-4H,1H3,(H,12,14). The Kier molecular flexibility index (Phi) is 2.97. The summed E-state index contributed by atoms with van der Waals surface area (Å²) in [6.45, 7) is 0. The maximum atomic E-state index is 13.5. The van der Waals surface area contributed by atoms with E-state index in [1.165, 1.54) is 17.4 Å². The van der Waals surface area contributed by atoms with E-state index in [4.69, 9.17) is 0 Å². The van der Waals surface area contributed by atoms with Crippen LogP contribution >= 0.6 is 27.3 Å². The van der Waals surface area contributed by atoms with Gasteiger partial charge in [-0.15, -0.1) is 10.2 Å². The summed E-state index contributed by atoms with van der Waals surface area (Å²) in [7, 11) is 1.75. The zero-order valence-electron chi connectivity index (χ0n) is 7.79. The van der Waals surface area contributed by atoms with Gasteiger partial charge in [-0.25, -0.2) is 4.39 Å². The monoisotopic (exact) mass is 287 g/mol. The summed E-state index contributed by atoms with van der Waals surface area (Å²) < 4.78 is 14.3. The van der Waals surface area contributed by atoms with Gasteiger partial charge in [-0.3, -0.25) is 0 Å². The van der Waals surface area contributed by atoms with E-state index < -0.39 is 0 Å². The molecule has 15 heavy (non-hydrogen) atoms. The Bertz CT molecular complexity index is 486. The predicted octanol–water partition coefficient (Wildman–Crippen LogP) is 3.15. The minimum atomic E-state index is -0.294. The Hall–Kier alpha value is -1.01. The van der Waals surface area contributed by atoms with Gasteiger partial charge in [-0.05, 0) is 18.2 Å². The Labute approximate surface area is 98.5 Å². The summed E-state index contributed by atoms with van der Waals surface area (Å²) in [5, 5.41) is 11.9. The van der Waals surface area contributed by atoms with Gasteiger partial charge < -0.3 is 5.32 Å². The predicted molar refractivity (Wildman–Crippen MR) is 62.5 cm³/mol. The van der Waals surface area contributed by atoms with Gasteiger partial charge in [0.1, 0.15) is 5.82 Å². The normalized spacial score (nSPS) is 10.3. The summed E-state index contributed by atoms with van der Waals surface area (Å²) in [6, 6.07) is 4.74. The van der Waals surface area contributed by atoms with Crippen molar-refractivity contribution in [3.8, 4) is 10.6 Å². The second-order valence-electron chi connectivity index (χ2n) is 2.79. The molecular formula is C9H7BrFN3S. The van der Waals surface area contributed by atoms with Crippen LogP contribution in [0.5, 0.6) is 0 Å². The average Bonchev–Trinajstić information content (AvgIpc) is 2.70. The first-order valence-corrected chi connectivity index (χ1v) is 5.78.